The lowest BCUT2D eigenvalue weighted by Crippen LogP contribution is -2.45. The number of nitrogens with one attached hydrogen (secondary N) is 1. The molecule has 1 unspecified atom stereocenters. The van der Waals surface area contributed by atoms with E-state index in [1.165, 1.54) is 16.7 Å². The van der Waals surface area contributed by atoms with Gasteiger partial charge in [0.25, 0.3) is 0 Å². The second-order valence-corrected chi connectivity index (χ2v) is 6.35. The molecule has 0 saturated carbocycles. The molecule has 0 saturated heterocycles. The van der Waals surface area contributed by atoms with Crippen molar-refractivity contribution in [2.24, 2.45) is 0 Å². The van der Waals surface area contributed by atoms with Crippen LogP contribution in [0.15, 0.2) is 12.1 Å². The fraction of sp³-hybridized carbons (Fsp3) is 0.611. The average molecular weight is 288 g/mol. The lowest BCUT2D eigenvalue weighted by molar-refractivity contribution is 0.277. The van der Waals surface area contributed by atoms with Crippen LogP contribution in [-0.4, -0.2) is 18.2 Å². The summed E-state index contributed by atoms with van der Waals surface area (Å²) in [6.07, 6.45) is 1.64. The highest BCUT2D eigenvalue weighted by atomic mass is 16.5. The molecule has 0 aliphatic carbocycles. The summed E-state index contributed by atoms with van der Waals surface area (Å²) in [6.45, 7) is 13.0. The summed E-state index contributed by atoms with van der Waals surface area (Å²) in [5, 5.41) is 12.6. The zero-order valence-electron chi connectivity index (χ0n) is 14.2. The maximum atomic E-state index is 9.32. The number of nitriles is 1. The second-order valence-electron chi connectivity index (χ2n) is 6.35. The quantitative estimate of drug-likeness (QED) is 0.770. The standard InChI is InChI=1S/C18H28N2O/c1-13(2)20-18(6,12-19)10-7-11-21-17-15(4)9-8-14(3)16(17)5/h8-9,13,20H,7,10-11H2,1-6H3. The zero-order valence-corrected chi connectivity index (χ0v) is 14.2. The second kappa shape index (κ2) is 7.47. The van der Waals surface area contributed by atoms with Crippen molar-refractivity contribution in [1.29, 1.82) is 5.26 Å². The molecule has 1 aromatic carbocycles. The van der Waals surface area contributed by atoms with Crippen molar-refractivity contribution in [2.45, 2.75) is 66.0 Å². The topological polar surface area (TPSA) is 45.0 Å². The van der Waals surface area contributed by atoms with Gasteiger partial charge in [-0.25, -0.2) is 0 Å². The van der Waals surface area contributed by atoms with Crippen LogP contribution in [0.4, 0.5) is 0 Å². The molecule has 1 aromatic rings. The van der Waals surface area contributed by atoms with Gasteiger partial charge in [0.2, 0.25) is 0 Å². The first-order valence-corrected chi connectivity index (χ1v) is 7.67. The zero-order chi connectivity index (χ0) is 16.0. The molecule has 0 radical (unpaired) electrons. The van der Waals surface area contributed by atoms with E-state index in [2.05, 4.69) is 58.1 Å². The van der Waals surface area contributed by atoms with Crippen molar-refractivity contribution >= 4 is 0 Å². The van der Waals surface area contributed by atoms with E-state index in [-0.39, 0.29) is 0 Å². The molecule has 3 heteroatoms. The van der Waals surface area contributed by atoms with E-state index in [1.54, 1.807) is 0 Å². The fourth-order valence-corrected chi connectivity index (χ4v) is 2.55. The van der Waals surface area contributed by atoms with Gasteiger partial charge in [0.1, 0.15) is 11.3 Å². The Bertz CT molecular complexity index is 517. The summed E-state index contributed by atoms with van der Waals surface area (Å²) in [5.41, 5.74) is 3.15. The van der Waals surface area contributed by atoms with Crippen LogP contribution in [0.3, 0.4) is 0 Å². The molecule has 0 heterocycles. The van der Waals surface area contributed by atoms with Gasteiger partial charge in [0, 0.05) is 6.04 Å². The predicted octanol–water partition coefficient (Wildman–Crippen LogP) is 4.05. The molecule has 0 spiro atoms. The number of rotatable bonds is 7. The Morgan fingerprint density at radius 3 is 2.43 bits per heavy atom. The molecule has 0 bridgehead atoms. The summed E-state index contributed by atoms with van der Waals surface area (Å²) in [7, 11) is 0. The van der Waals surface area contributed by atoms with Crippen LogP contribution in [-0.2, 0) is 0 Å². The van der Waals surface area contributed by atoms with Crippen LogP contribution in [0.5, 0.6) is 5.75 Å². The van der Waals surface area contributed by atoms with Gasteiger partial charge < -0.3 is 4.74 Å². The molecule has 1 N–H and O–H groups in total. The van der Waals surface area contributed by atoms with Crippen molar-refractivity contribution in [2.75, 3.05) is 6.61 Å². The minimum absolute atomic E-state index is 0.303. The smallest absolute Gasteiger partial charge is 0.125 e. The van der Waals surface area contributed by atoms with Gasteiger partial charge in [-0.3, -0.25) is 5.32 Å². The molecule has 0 amide bonds. The number of benzene rings is 1. The Morgan fingerprint density at radius 1 is 1.24 bits per heavy atom. The largest absolute Gasteiger partial charge is 0.493 e. The van der Waals surface area contributed by atoms with Gasteiger partial charge in [-0.2, -0.15) is 5.26 Å². The summed E-state index contributed by atoms with van der Waals surface area (Å²) >= 11 is 0. The van der Waals surface area contributed by atoms with E-state index < -0.39 is 5.54 Å². The maximum Gasteiger partial charge on any atom is 0.125 e. The van der Waals surface area contributed by atoms with Crippen LogP contribution in [0.2, 0.25) is 0 Å². The van der Waals surface area contributed by atoms with Gasteiger partial charge in [0.05, 0.1) is 12.7 Å². The number of hydrogen-bond acceptors (Lipinski definition) is 3. The van der Waals surface area contributed by atoms with E-state index in [1.807, 2.05) is 6.92 Å². The number of hydrogen-bond donors (Lipinski definition) is 1. The number of ether oxygens (including phenoxy) is 1. The summed E-state index contributed by atoms with van der Waals surface area (Å²) in [6, 6.07) is 6.89. The Labute approximate surface area is 129 Å². The molecule has 116 valence electrons. The lowest BCUT2D eigenvalue weighted by atomic mass is 9.97. The third kappa shape index (κ3) is 5.06. The van der Waals surface area contributed by atoms with E-state index in [4.69, 9.17) is 4.74 Å². The average Bonchev–Trinajstić information content (AvgIpc) is 2.41. The first kappa shape index (κ1) is 17.5. The summed E-state index contributed by atoms with van der Waals surface area (Å²) in [4.78, 5) is 0. The lowest BCUT2D eigenvalue weighted by Gasteiger charge is -2.26. The van der Waals surface area contributed by atoms with Crippen LogP contribution in [0.25, 0.3) is 0 Å². The third-order valence-electron chi connectivity index (χ3n) is 3.80. The van der Waals surface area contributed by atoms with Crippen molar-refractivity contribution < 1.29 is 4.74 Å². The van der Waals surface area contributed by atoms with Gasteiger partial charge in [-0.05, 0) is 71.1 Å². The van der Waals surface area contributed by atoms with Crippen molar-refractivity contribution in [3.8, 4) is 11.8 Å². The number of nitrogens with zero attached hydrogens (tertiary/aromatic N) is 1. The molecule has 0 fully saturated rings. The molecule has 0 aromatic heterocycles. The molecular weight excluding hydrogens is 260 g/mol. The first-order chi connectivity index (χ1) is 9.79. The minimum Gasteiger partial charge on any atom is -0.493 e. The maximum absolute atomic E-state index is 9.32. The number of aryl methyl sites for hydroxylation is 2. The van der Waals surface area contributed by atoms with Crippen LogP contribution < -0.4 is 10.1 Å². The monoisotopic (exact) mass is 288 g/mol. The van der Waals surface area contributed by atoms with Gasteiger partial charge >= 0.3 is 0 Å². The van der Waals surface area contributed by atoms with Crippen molar-refractivity contribution in [3.63, 3.8) is 0 Å². The molecule has 0 aliphatic heterocycles. The van der Waals surface area contributed by atoms with Crippen molar-refractivity contribution in [1.82, 2.24) is 5.32 Å². The fourth-order valence-electron chi connectivity index (χ4n) is 2.55. The SMILES string of the molecule is Cc1ccc(C)c(OCCCC(C)(C#N)NC(C)C)c1C. The van der Waals surface area contributed by atoms with E-state index in [0.29, 0.717) is 12.6 Å². The molecule has 0 aliphatic rings. The Kier molecular flexibility index (Phi) is 6.23. The highest BCUT2D eigenvalue weighted by molar-refractivity contribution is 5.44. The van der Waals surface area contributed by atoms with Crippen molar-refractivity contribution in [3.05, 3.63) is 28.8 Å². The Hall–Kier alpha value is -1.53. The predicted molar refractivity (Wildman–Crippen MR) is 87.7 cm³/mol. The third-order valence-corrected chi connectivity index (χ3v) is 3.80. The summed E-state index contributed by atoms with van der Waals surface area (Å²) < 4.78 is 5.96. The van der Waals surface area contributed by atoms with Gasteiger partial charge in [-0.1, -0.05) is 12.1 Å². The van der Waals surface area contributed by atoms with E-state index in [9.17, 15) is 5.26 Å². The molecule has 3 nitrogen and oxygen atoms in total. The molecule has 1 atom stereocenters. The van der Waals surface area contributed by atoms with Crippen LogP contribution >= 0.6 is 0 Å². The molecule has 21 heavy (non-hydrogen) atoms. The van der Waals surface area contributed by atoms with E-state index in [0.717, 1.165) is 18.6 Å². The Morgan fingerprint density at radius 2 is 1.86 bits per heavy atom. The van der Waals surface area contributed by atoms with Gasteiger partial charge in [-0.15, -0.1) is 0 Å². The first-order valence-electron chi connectivity index (χ1n) is 7.67. The van der Waals surface area contributed by atoms with E-state index >= 15 is 0 Å². The Balaban J connectivity index is 2.55. The minimum atomic E-state index is -0.478. The summed E-state index contributed by atoms with van der Waals surface area (Å²) in [5.74, 6) is 0.991. The highest BCUT2D eigenvalue weighted by Crippen LogP contribution is 2.26. The van der Waals surface area contributed by atoms with Gasteiger partial charge in [0.15, 0.2) is 0 Å². The van der Waals surface area contributed by atoms with Crippen LogP contribution in [0, 0.1) is 32.1 Å². The molecular formula is C18H28N2O. The normalized spacial score (nSPS) is 13.8. The molecule has 1 rings (SSSR count). The highest BCUT2D eigenvalue weighted by Gasteiger charge is 2.23. The van der Waals surface area contributed by atoms with Crippen LogP contribution in [0.1, 0.15) is 50.3 Å².